The van der Waals surface area contributed by atoms with Gasteiger partial charge in [-0.25, -0.2) is 0 Å². The summed E-state index contributed by atoms with van der Waals surface area (Å²) in [5.74, 6) is -1.41. The lowest BCUT2D eigenvalue weighted by Crippen LogP contribution is -2.25. The number of benzene rings is 2. The summed E-state index contributed by atoms with van der Waals surface area (Å²) in [7, 11) is 2.86. The van der Waals surface area contributed by atoms with Crippen LogP contribution >= 0.6 is 11.8 Å². The van der Waals surface area contributed by atoms with Crippen molar-refractivity contribution in [3.63, 3.8) is 0 Å². The van der Waals surface area contributed by atoms with Crippen LogP contribution in [0, 0.1) is 0 Å². The van der Waals surface area contributed by atoms with Gasteiger partial charge in [0.25, 0.3) is 11.8 Å². The summed E-state index contributed by atoms with van der Waals surface area (Å²) in [6.07, 6.45) is -4.32. The van der Waals surface area contributed by atoms with E-state index in [2.05, 4.69) is 10.6 Å². The minimum absolute atomic E-state index is 0.213. The summed E-state index contributed by atoms with van der Waals surface area (Å²) in [6, 6.07) is 10.6. The zero-order chi connectivity index (χ0) is 21.4. The SMILES string of the molecule is CNC(=O)COc1ccc(C(=O)Nc2ccccc2SCC(F)(F)F)cc1OC. The van der Waals surface area contributed by atoms with Gasteiger partial charge in [0.15, 0.2) is 18.1 Å². The van der Waals surface area contributed by atoms with Gasteiger partial charge in [0.05, 0.1) is 18.6 Å². The quantitative estimate of drug-likeness (QED) is 0.627. The van der Waals surface area contributed by atoms with E-state index in [1.807, 2.05) is 0 Å². The summed E-state index contributed by atoms with van der Waals surface area (Å²) in [4.78, 5) is 24.2. The molecule has 0 atom stereocenters. The molecule has 0 spiro atoms. The molecule has 0 radical (unpaired) electrons. The Kier molecular flexibility index (Phi) is 7.77. The lowest BCUT2D eigenvalue weighted by atomic mass is 10.2. The van der Waals surface area contributed by atoms with Gasteiger partial charge in [-0.2, -0.15) is 13.2 Å². The van der Waals surface area contributed by atoms with Crippen molar-refractivity contribution in [2.45, 2.75) is 11.1 Å². The van der Waals surface area contributed by atoms with Gasteiger partial charge >= 0.3 is 6.18 Å². The van der Waals surface area contributed by atoms with Crippen molar-refractivity contribution in [1.29, 1.82) is 0 Å². The Balaban J connectivity index is 2.14. The molecule has 156 valence electrons. The van der Waals surface area contributed by atoms with E-state index in [9.17, 15) is 22.8 Å². The lowest BCUT2D eigenvalue weighted by molar-refractivity contribution is -0.122. The number of rotatable bonds is 8. The largest absolute Gasteiger partial charge is 0.493 e. The second-order valence-electron chi connectivity index (χ2n) is 5.68. The van der Waals surface area contributed by atoms with Crippen LogP contribution in [0.15, 0.2) is 47.4 Å². The number of amides is 2. The zero-order valence-electron chi connectivity index (χ0n) is 15.6. The summed E-state index contributed by atoms with van der Waals surface area (Å²) >= 11 is 0.590. The fourth-order valence-electron chi connectivity index (χ4n) is 2.19. The van der Waals surface area contributed by atoms with E-state index >= 15 is 0 Å². The monoisotopic (exact) mass is 428 g/mol. The maximum Gasteiger partial charge on any atom is 0.398 e. The molecule has 0 fully saturated rings. The Morgan fingerprint density at radius 2 is 1.83 bits per heavy atom. The fourth-order valence-corrected chi connectivity index (χ4v) is 2.96. The first-order valence-corrected chi connectivity index (χ1v) is 9.33. The number of nitrogens with one attached hydrogen (secondary N) is 2. The number of anilines is 1. The van der Waals surface area contributed by atoms with Gasteiger partial charge in [-0.1, -0.05) is 12.1 Å². The van der Waals surface area contributed by atoms with E-state index in [-0.39, 0.29) is 35.3 Å². The maximum absolute atomic E-state index is 12.6. The molecule has 2 aromatic rings. The van der Waals surface area contributed by atoms with E-state index in [0.29, 0.717) is 16.7 Å². The summed E-state index contributed by atoms with van der Waals surface area (Å²) in [6.45, 7) is -0.220. The molecule has 0 aliphatic carbocycles. The van der Waals surface area contributed by atoms with Gasteiger partial charge in [-0.15, -0.1) is 11.8 Å². The molecule has 10 heteroatoms. The van der Waals surface area contributed by atoms with Crippen molar-refractivity contribution >= 4 is 29.3 Å². The predicted molar refractivity (Wildman–Crippen MR) is 104 cm³/mol. The smallest absolute Gasteiger partial charge is 0.398 e. The highest BCUT2D eigenvalue weighted by Crippen LogP contribution is 2.33. The van der Waals surface area contributed by atoms with Crippen LogP contribution in [0.1, 0.15) is 10.4 Å². The number of carbonyl (C=O) groups is 2. The van der Waals surface area contributed by atoms with Crippen LogP contribution in [0.25, 0.3) is 0 Å². The Bertz CT molecular complexity index is 875. The molecular weight excluding hydrogens is 409 g/mol. The van der Waals surface area contributed by atoms with E-state index in [1.54, 1.807) is 12.1 Å². The molecule has 0 aliphatic rings. The molecule has 6 nitrogen and oxygen atoms in total. The van der Waals surface area contributed by atoms with Gasteiger partial charge in [0.2, 0.25) is 0 Å². The molecule has 0 aromatic heterocycles. The highest BCUT2D eigenvalue weighted by molar-refractivity contribution is 7.99. The van der Waals surface area contributed by atoms with Gasteiger partial charge in [0, 0.05) is 17.5 Å². The molecule has 0 bridgehead atoms. The van der Waals surface area contributed by atoms with Crippen molar-refractivity contribution in [2.24, 2.45) is 0 Å². The number of para-hydroxylation sites is 1. The van der Waals surface area contributed by atoms with Crippen LogP contribution in [0.4, 0.5) is 18.9 Å². The van der Waals surface area contributed by atoms with Crippen molar-refractivity contribution in [3.8, 4) is 11.5 Å². The van der Waals surface area contributed by atoms with Crippen molar-refractivity contribution in [3.05, 3.63) is 48.0 Å². The molecule has 0 unspecified atom stereocenters. The highest BCUT2D eigenvalue weighted by Gasteiger charge is 2.27. The van der Waals surface area contributed by atoms with Crippen LogP contribution in [0.5, 0.6) is 11.5 Å². The average molecular weight is 428 g/mol. The second kappa shape index (κ2) is 10.1. The van der Waals surface area contributed by atoms with Crippen LogP contribution in [0.2, 0.25) is 0 Å². The maximum atomic E-state index is 12.6. The first-order valence-electron chi connectivity index (χ1n) is 8.35. The predicted octanol–water partition coefficient (Wildman–Crippen LogP) is 3.73. The number of carbonyl (C=O) groups excluding carboxylic acids is 2. The third-order valence-electron chi connectivity index (χ3n) is 3.59. The molecule has 2 rings (SSSR count). The van der Waals surface area contributed by atoms with E-state index < -0.39 is 17.8 Å². The first kappa shape index (κ1) is 22.4. The van der Waals surface area contributed by atoms with Gasteiger partial charge < -0.3 is 20.1 Å². The topological polar surface area (TPSA) is 76.7 Å². The third-order valence-corrected chi connectivity index (χ3v) is 4.73. The molecule has 0 saturated heterocycles. The molecule has 2 aromatic carbocycles. The van der Waals surface area contributed by atoms with Crippen LogP contribution < -0.4 is 20.1 Å². The molecule has 29 heavy (non-hydrogen) atoms. The molecule has 0 saturated carbocycles. The molecule has 0 aliphatic heterocycles. The van der Waals surface area contributed by atoms with Crippen LogP contribution in [-0.2, 0) is 4.79 Å². The van der Waals surface area contributed by atoms with Crippen LogP contribution in [0.3, 0.4) is 0 Å². The summed E-state index contributed by atoms with van der Waals surface area (Å²) in [5, 5.41) is 5.02. The number of hydrogen-bond donors (Lipinski definition) is 2. The van der Waals surface area contributed by atoms with Gasteiger partial charge in [-0.05, 0) is 30.3 Å². The number of thioether (sulfide) groups is 1. The van der Waals surface area contributed by atoms with Gasteiger partial charge in [-0.3, -0.25) is 9.59 Å². The fraction of sp³-hybridized carbons (Fsp3) is 0.263. The van der Waals surface area contributed by atoms with E-state index in [0.717, 1.165) is 0 Å². The minimum Gasteiger partial charge on any atom is -0.493 e. The summed E-state index contributed by atoms with van der Waals surface area (Å²) in [5.41, 5.74) is 0.482. The number of methoxy groups -OCH3 is 1. The number of alkyl halides is 3. The summed E-state index contributed by atoms with van der Waals surface area (Å²) < 4.78 is 48.0. The number of ether oxygens (including phenoxy) is 2. The highest BCUT2D eigenvalue weighted by atomic mass is 32.2. The normalized spacial score (nSPS) is 10.9. The Hall–Kier alpha value is -2.88. The third kappa shape index (κ3) is 6.90. The van der Waals surface area contributed by atoms with E-state index in [4.69, 9.17) is 9.47 Å². The molecular formula is C19H19F3N2O4S. The van der Waals surface area contributed by atoms with Crippen molar-refractivity contribution < 1.29 is 32.2 Å². The van der Waals surface area contributed by atoms with Gasteiger partial charge in [0.1, 0.15) is 0 Å². The van der Waals surface area contributed by atoms with Crippen molar-refractivity contribution in [2.75, 3.05) is 31.8 Å². The molecule has 2 amide bonds. The standard InChI is InChI=1S/C19H19F3N2O4S/c1-23-17(25)10-28-14-8-7-12(9-15(14)27-2)18(26)24-13-5-3-4-6-16(13)29-11-19(20,21)22/h3-9H,10-11H2,1-2H3,(H,23,25)(H,24,26). The average Bonchev–Trinajstić information content (AvgIpc) is 2.70. The van der Waals surface area contributed by atoms with Crippen molar-refractivity contribution in [1.82, 2.24) is 5.32 Å². The number of likely N-dealkylation sites (N-methyl/N-ethyl adjacent to an activating group) is 1. The lowest BCUT2D eigenvalue weighted by Gasteiger charge is -2.14. The zero-order valence-corrected chi connectivity index (χ0v) is 16.4. The minimum atomic E-state index is -4.32. The number of hydrogen-bond acceptors (Lipinski definition) is 5. The Labute approximate surface area is 169 Å². The Morgan fingerprint density at radius 1 is 1.10 bits per heavy atom. The van der Waals surface area contributed by atoms with Crippen LogP contribution in [-0.4, -0.2) is 44.5 Å². The Morgan fingerprint density at radius 3 is 2.48 bits per heavy atom. The molecule has 0 heterocycles. The second-order valence-corrected chi connectivity index (χ2v) is 6.70. The number of halogens is 3. The van der Waals surface area contributed by atoms with E-state index in [1.165, 1.54) is 44.5 Å². The first-order chi connectivity index (χ1) is 13.7. The molecule has 2 N–H and O–H groups in total.